The molecule has 92 valence electrons. The molecule has 0 bridgehead atoms. The van der Waals surface area contributed by atoms with E-state index in [9.17, 15) is 4.39 Å². The van der Waals surface area contributed by atoms with Gasteiger partial charge in [-0.2, -0.15) is 5.26 Å². The van der Waals surface area contributed by atoms with Crippen molar-refractivity contribution < 1.29 is 4.39 Å². The van der Waals surface area contributed by atoms with E-state index in [2.05, 4.69) is 10.3 Å². The quantitative estimate of drug-likeness (QED) is 0.900. The fourth-order valence-electron chi connectivity index (χ4n) is 1.89. The highest BCUT2D eigenvalue weighted by Crippen LogP contribution is 2.25. The molecule has 1 N–H and O–H groups in total. The fourth-order valence-corrected chi connectivity index (χ4v) is 1.89. The predicted molar refractivity (Wildman–Crippen MR) is 65.7 cm³/mol. The topological polar surface area (TPSA) is 53.6 Å². The van der Waals surface area contributed by atoms with E-state index in [1.165, 1.54) is 12.3 Å². The summed E-state index contributed by atoms with van der Waals surface area (Å²) in [4.78, 5) is 3.93. The minimum Gasteiger partial charge on any atom is -0.313 e. The number of aromatic nitrogens is 2. The molecule has 2 rings (SSSR count). The lowest BCUT2D eigenvalue weighted by Crippen LogP contribution is -2.17. The second-order valence-electron chi connectivity index (χ2n) is 3.92. The summed E-state index contributed by atoms with van der Waals surface area (Å²) in [6.07, 6.45) is 3.18. The van der Waals surface area contributed by atoms with E-state index in [-0.39, 0.29) is 17.7 Å². The molecule has 0 amide bonds. The first-order valence-corrected chi connectivity index (χ1v) is 5.58. The van der Waals surface area contributed by atoms with Crippen molar-refractivity contribution in [2.24, 2.45) is 0 Å². The number of imidazole rings is 1. The van der Waals surface area contributed by atoms with Gasteiger partial charge in [0.25, 0.3) is 0 Å². The van der Waals surface area contributed by atoms with Gasteiger partial charge in [-0.05, 0) is 26.1 Å². The van der Waals surface area contributed by atoms with Gasteiger partial charge in [-0.3, -0.25) is 4.57 Å². The molecule has 2 aromatic rings. The highest BCUT2D eigenvalue weighted by atomic mass is 19.1. The first-order valence-electron chi connectivity index (χ1n) is 5.58. The van der Waals surface area contributed by atoms with Crippen LogP contribution in [0.5, 0.6) is 0 Å². The molecule has 0 saturated heterocycles. The minimum absolute atomic E-state index is 0.157. The Morgan fingerprint density at radius 1 is 1.50 bits per heavy atom. The summed E-state index contributed by atoms with van der Waals surface area (Å²) in [6, 6.07) is 6.64. The predicted octanol–water partition coefficient (Wildman–Crippen LogP) is 2.16. The Bertz CT molecular complexity index is 597. The number of halogens is 1. The summed E-state index contributed by atoms with van der Waals surface area (Å²) in [5.74, 6) is -0.0582. The van der Waals surface area contributed by atoms with Crippen LogP contribution in [-0.2, 0) is 0 Å². The molecule has 1 heterocycles. The van der Waals surface area contributed by atoms with Crippen LogP contribution < -0.4 is 5.32 Å². The molecule has 1 unspecified atom stereocenters. The zero-order valence-corrected chi connectivity index (χ0v) is 10.2. The van der Waals surface area contributed by atoms with E-state index in [1.807, 2.05) is 13.0 Å². The van der Waals surface area contributed by atoms with Crippen molar-refractivity contribution >= 4 is 0 Å². The molecule has 0 spiro atoms. The van der Waals surface area contributed by atoms with Crippen LogP contribution in [-0.4, -0.2) is 16.6 Å². The Kier molecular flexibility index (Phi) is 3.40. The van der Waals surface area contributed by atoms with Gasteiger partial charge in [-0.25, -0.2) is 9.37 Å². The normalized spacial score (nSPS) is 12.1. The first-order chi connectivity index (χ1) is 8.69. The van der Waals surface area contributed by atoms with Crippen molar-refractivity contribution in [2.45, 2.75) is 13.0 Å². The largest absolute Gasteiger partial charge is 0.313 e. The second-order valence-corrected chi connectivity index (χ2v) is 3.92. The summed E-state index contributed by atoms with van der Waals surface area (Å²) < 4.78 is 15.5. The Balaban J connectivity index is 2.65. The van der Waals surface area contributed by atoms with Crippen molar-refractivity contribution in [3.8, 4) is 11.8 Å². The molecule has 4 nitrogen and oxygen atoms in total. The third-order valence-electron chi connectivity index (χ3n) is 2.90. The van der Waals surface area contributed by atoms with E-state index in [1.54, 1.807) is 29.9 Å². The number of nitriles is 1. The van der Waals surface area contributed by atoms with Crippen molar-refractivity contribution in [2.75, 3.05) is 7.05 Å². The van der Waals surface area contributed by atoms with Gasteiger partial charge in [0.1, 0.15) is 11.9 Å². The van der Waals surface area contributed by atoms with Gasteiger partial charge in [-0.1, -0.05) is 6.07 Å². The average molecular weight is 244 g/mol. The van der Waals surface area contributed by atoms with E-state index in [0.29, 0.717) is 11.3 Å². The lowest BCUT2D eigenvalue weighted by molar-refractivity contribution is 0.559. The molecule has 5 heteroatoms. The van der Waals surface area contributed by atoms with Crippen LogP contribution in [0.3, 0.4) is 0 Å². The number of benzene rings is 1. The molecule has 1 atom stereocenters. The SMILES string of the molecule is CNC(C)c1c(F)cccc1-n1ccnc1C#N. The number of nitrogens with one attached hydrogen (secondary N) is 1. The van der Waals surface area contributed by atoms with E-state index in [4.69, 9.17) is 5.26 Å². The molecular weight excluding hydrogens is 231 g/mol. The van der Waals surface area contributed by atoms with Crippen LogP contribution in [0.25, 0.3) is 5.69 Å². The molecule has 0 aliphatic rings. The Labute approximate surface area is 105 Å². The monoisotopic (exact) mass is 244 g/mol. The Morgan fingerprint density at radius 3 is 2.94 bits per heavy atom. The number of rotatable bonds is 3. The first kappa shape index (κ1) is 12.3. The zero-order chi connectivity index (χ0) is 13.1. The maximum atomic E-state index is 14.0. The fraction of sp³-hybridized carbons (Fsp3) is 0.231. The van der Waals surface area contributed by atoms with Crippen molar-refractivity contribution in [3.63, 3.8) is 0 Å². The number of hydrogen-bond acceptors (Lipinski definition) is 3. The van der Waals surface area contributed by atoms with E-state index < -0.39 is 0 Å². The van der Waals surface area contributed by atoms with Crippen molar-refractivity contribution in [3.05, 3.63) is 47.8 Å². The van der Waals surface area contributed by atoms with Crippen LogP contribution in [0, 0.1) is 17.1 Å². The summed E-state index contributed by atoms with van der Waals surface area (Å²) in [5.41, 5.74) is 1.15. The third-order valence-corrected chi connectivity index (χ3v) is 2.90. The lowest BCUT2D eigenvalue weighted by Gasteiger charge is -2.17. The summed E-state index contributed by atoms with van der Waals surface area (Å²) >= 11 is 0. The zero-order valence-electron chi connectivity index (χ0n) is 10.2. The standard InChI is InChI=1S/C13H13FN4/c1-9(16-2)13-10(14)4-3-5-11(13)18-7-6-17-12(18)8-15/h3-7,9,16H,1-2H3. The molecule has 1 aromatic heterocycles. The Morgan fingerprint density at radius 2 is 2.28 bits per heavy atom. The van der Waals surface area contributed by atoms with Crippen LogP contribution in [0.2, 0.25) is 0 Å². The molecule has 18 heavy (non-hydrogen) atoms. The summed E-state index contributed by atoms with van der Waals surface area (Å²) in [7, 11) is 1.76. The molecule has 0 aliphatic heterocycles. The van der Waals surface area contributed by atoms with Gasteiger partial charge in [-0.15, -0.1) is 0 Å². The molecule has 0 saturated carbocycles. The highest BCUT2D eigenvalue weighted by Gasteiger charge is 2.17. The van der Waals surface area contributed by atoms with E-state index in [0.717, 1.165) is 0 Å². The van der Waals surface area contributed by atoms with Gasteiger partial charge in [0.2, 0.25) is 5.82 Å². The maximum absolute atomic E-state index is 14.0. The van der Waals surface area contributed by atoms with Crippen LogP contribution >= 0.6 is 0 Å². The van der Waals surface area contributed by atoms with Crippen molar-refractivity contribution in [1.29, 1.82) is 5.26 Å². The molecule has 0 radical (unpaired) electrons. The number of nitrogens with zero attached hydrogens (tertiary/aromatic N) is 3. The van der Waals surface area contributed by atoms with Gasteiger partial charge in [0, 0.05) is 24.0 Å². The third kappa shape index (κ3) is 1.98. The van der Waals surface area contributed by atoms with Crippen LogP contribution in [0.4, 0.5) is 4.39 Å². The number of hydrogen-bond donors (Lipinski definition) is 1. The lowest BCUT2D eigenvalue weighted by atomic mass is 10.1. The van der Waals surface area contributed by atoms with Gasteiger partial charge in [0.05, 0.1) is 5.69 Å². The summed E-state index contributed by atoms with van der Waals surface area (Å²) in [5, 5.41) is 12.0. The molecule has 0 aliphatic carbocycles. The van der Waals surface area contributed by atoms with Crippen molar-refractivity contribution in [1.82, 2.24) is 14.9 Å². The Hall–Kier alpha value is -2.19. The van der Waals surface area contributed by atoms with Crippen LogP contribution in [0.1, 0.15) is 24.4 Å². The molecule has 1 aromatic carbocycles. The minimum atomic E-state index is -0.299. The van der Waals surface area contributed by atoms with Crippen LogP contribution in [0.15, 0.2) is 30.6 Å². The van der Waals surface area contributed by atoms with Gasteiger partial charge >= 0.3 is 0 Å². The second kappa shape index (κ2) is 4.98. The molecule has 0 fully saturated rings. The van der Waals surface area contributed by atoms with E-state index >= 15 is 0 Å². The smallest absolute Gasteiger partial charge is 0.217 e. The maximum Gasteiger partial charge on any atom is 0.217 e. The summed E-state index contributed by atoms with van der Waals surface area (Å²) in [6.45, 7) is 1.87. The van der Waals surface area contributed by atoms with Gasteiger partial charge in [0.15, 0.2) is 0 Å². The average Bonchev–Trinajstić information content (AvgIpc) is 2.85. The van der Waals surface area contributed by atoms with Gasteiger partial charge < -0.3 is 5.32 Å². The molecular formula is C13H13FN4. The highest BCUT2D eigenvalue weighted by molar-refractivity contribution is 5.46.